The fourth-order valence-corrected chi connectivity index (χ4v) is 4.68. The minimum absolute atomic E-state index is 0.0756. The third kappa shape index (κ3) is 7.81. The van der Waals surface area contributed by atoms with Gasteiger partial charge in [-0.1, -0.05) is 18.2 Å². The largest absolute Gasteiger partial charge is 0.481 e. The van der Waals surface area contributed by atoms with Gasteiger partial charge >= 0.3 is 17.9 Å². The first-order chi connectivity index (χ1) is 19.5. The summed E-state index contributed by atoms with van der Waals surface area (Å²) in [4.78, 5) is 36.9. The number of aliphatic hydroxyl groups is 4. The van der Waals surface area contributed by atoms with Crippen molar-refractivity contribution in [3.05, 3.63) is 60.1 Å². The number of allylic oxidation sites excluding steroid dienone is 4. The van der Waals surface area contributed by atoms with Crippen LogP contribution in [-0.2, 0) is 33.3 Å². The van der Waals surface area contributed by atoms with Crippen LogP contribution in [0.3, 0.4) is 0 Å². The number of carbonyl (C=O) groups excluding carboxylic acids is 1. The van der Waals surface area contributed by atoms with Crippen LogP contribution in [0, 0.1) is 11.8 Å². The van der Waals surface area contributed by atoms with Gasteiger partial charge in [0.1, 0.15) is 24.4 Å². The average molecular weight is 582 g/mol. The highest BCUT2D eigenvalue weighted by Crippen LogP contribution is 2.36. The summed E-state index contributed by atoms with van der Waals surface area (Å²) in [6, 6.07) is 0. The van der Waals surface area contributed by atoms with E-state index >= 15 is 0 Å². The average Bonchev–Trinajstić information content (AvgIpc) is 2.95. The van der Waals surface area contributed by atoms with Crippen LogP contribution in [0.15, 0.2) is 60.1 Å². The molecule has 0 bridgehead atoms. The number of esters is 1. The Kier molecular flexibility index (Phi) is 11.2. The van der Waals surface area contributed by atoms with Gasteiger partial charge in [-0.3, -0.25) is 4.79 Å². The fraction of sp³-hybridized carbons (Fsp3) is 0.519. The molecule has 226 valence electrons. The molecule has 3 aliphatic heterocycles. The molecule has 3 rings (SSSR count). The number of hydrogen-bond acceptors (Lipinski definition) is 12. The first-order valence-corrected chi connectivity index (χ1v) is 12.8. The standard InChI is InChI=1S/C27H35NO13/c1-3-16-17(7-6-14-9-15(24(35)36)11-28(10-14)8-4-5-20(30)31)18(25(37)38-2)13-39-26(16)41-27-23(34)22(33)21(32)19(12-29)40-27/h3,6-7,9-10,13,16-17,19,21-23,26-27,29,32-34H,1,4-5,8,11-12H2,2H3,(H,30,31)(H,35,36). The van der Waals surface area contributed by atoms with Crippen LogP contribution in [0.25, 0.3) is 0 Å². The zero-order valence-corrected chi connectivity index (χ0v) is 22.3. The maximum absolute atomic E-state index is 12.6. The number of hydrogen-bond donors (Lipinski definition) is 6. The highest BCUT2D eigenvalue weighted by Gasteiger charge is 2.47. The van der Waals surface area contributed by atoms with Crippen LogP contribution in [0.4, 0.5) is 0 Å². The van der Waals surface area contributed by atoms with Crippen molar-refractivity contribution < 1.29 is 64.0 Å². The lowest BCUT2D eigenvalue weighted by atomic mass is 9.83. The first kappa shape index (κ1) is 32.0. The molecule has 41 heavy (non-hydrogen) atoms. The number of carbonyl (C=O) groups is 3. The van der Waals surface area contributed by atoms with Crippen molar-refractivity contribution in [2.24, 2.45) is 11.8 Å². The van der Waals surface area contributed by atoms with Gasteiger partial charge in [0, 0.05) is 31.6 Å². The summed E-state index contributed by atoms with van der Waals surface area (Å²) in [6.45, 7) is 3.53. The molecule has 0 aliphatic carbocycles. The van der Waals surface area contributed by atoms with Gasteiger partial charge in [0.05, 0.1) is 37.0 Å². The lowest BCUT2D eigenvalue weighted by Gasteiger charge is -2.42. The van der Waals surface area contributed by atoms with Gasteiger partial charge in [0.25, 0.3) is 0 Å². The van der Waals surface area contributed by atoms with E-state index in [1.54, 1.807) is 23.3 Å². The van der Waals surface area contributed by atoms with Gasteiger partial charge in [0.15, 0.2) is 6.29 Å². The third-order valence-electron chi connectivity index (χ3n) is 6.88. The number of rotatable bonds is 12. The molecule has 3 heterocycles. The molecule has 1 saturated heterocycles. The Hall–Kier alpha value is -3.53. The predicted molar refractivity (Wildman–Crippen MR) is 138 cm³/mol. The van der Waals surface area contributed by atoms with Crippen molar-refractivity contribution in [3.8, 4) is 0 Å². The van der Waals surface area contributed by atoms with Crippen molar-refractivity contribution in [1.82, 2.24) is 4.90 Å². The van der Waals surface area contributed by atoms with E-state index in [0.717, 1.165) is 6.26 Å². The van der Waals surface area contributed by atoms with Gasteiger partial charge in [-0.2, -0.15) is 0 Å². The molecule has 0 amide bonds. The van der Waals surface area contributed by atoms with E-state index < -0.39 is 73.3 Å². The van der Waals surface area contributed by atoms with Gasteiger partial charge in [-0.25, -0.2) is 9.59 Å². The van der Waals surface area contributed by atoms with E-state index in [9.17, 15) is 39.9 Å². The van der Waals surface area contributed by atoms with E-state index in [-0.39, 0.29) is 24.1 Å². The molecule has 0 spiro atoms. The molecule has 3 aliphatic rings. The van der Waals surface area contributed by atoms with Crippen LogP contribution in [0.1, 0.15) is 12.8 Å². The fourth-order valence-electron chi connectivity index (χ4n) is 4.68. The summed E-state index contributed by atoms with van der Waals surface area (Å²) in [5.74, 6) is -4.39. The van der Waals surface area contributed by atoms with Crippen molar-refractivity contribution in [1.29, 1.82) is 0 Å². The number of carboxylic acids is 2. The smallest absolute Gasteiger partial charge is 0.337 e. The SMILES string of the molecule is C=CC1C(OC2OC(CO)C(O)C(O)C2O)OC=C(C(=O)OC)C1C=CC1=CN(CCCC(=O)O)CC(C(=O)O)=C1. The molecule has 8 atom stereocenters. The number of ether oxygens (including phenoxy) is 4. The second-order valence-electron chi connectivity index (χ2n) is 9.67. The second kappa shape index (κ2) is 14.4. The quantitative estimate of drug-likeness (QED) is 0.124. The summed E-state index contributed by atoms with van der Waals surface area (Å²) in [5.41, 5.74) is 0.635. The molecule has 0 aromatic rings. The highest BCUT2D eigenvalue weighted by atomic mass is 16.8. The van der Waals surface area contributed by atoms with Crippen molar-refractivity contribution in [2.75, 3.05) is 26.8 Å². The number of methoxy groups -OCH3 is 1. The molecule has 14 nitrogen and oxygen atoms in total. The van der Waals surface area contributed by atoms with Gasteiger partial charge in [0.2, 0.25) is 6.29 Å². The molecular weight excluding hydrogens is 546 g/mol. The summed E-state index contributed by atoms with van der Waals surface area (Å²) in [6.07, 6.45) is 0.192. The van der Waals surface area contributed by atoms with Crippen LogP contribution >= 0.6 is 0 Å². The second-order valence-corrected chi connectivity index (χ2v) is 9.67. The van der Waals surface area contributed by atoms with Crippen molar-refractivity contribution >= 4 is 17.9 Å². The van der Waals surface area contributed by atoms with Crippen molar-refractivity contribution in [3.63, 3.8) is 0 Å². The lowest BCUT2D eigenvalue weighted by molar-refractivity contribution is -0.338. The Labute approximate surface area is 235 Å². The molecule has 0 aromatic carbocycles. The zero-order chi connectivity index (χ0) is 30.3. The number of aliphatic hydroxyl groups excluding tert-OH is 4. The van der Waals surface area contributed by atoms with Crippen molar-refractivity contribution in [2.45, 2.75) is 49.8 Å². The van der Waals surface area contributed by atoms with Crippen LogP contribution in [0.2, 0.25) is 0 Å². The summed E-state index contributed by atoms with van der Waals surface area (Å²) in [7, 11) is 1.18. The first-order valence-electron chi connectivity index (χ1n) is 12.8. The normalized spacial score (nSPS) is 31.9. The monoisotopic (exact) mass is 581 g/mol. The van der Waals surface area contributed by atoms with Gasteiger partial charge in [-0.15, -0.1) is 6.58 Å². The Morgan fingerprint density at radius 1 is 1.15 bits per heavy atom. The van der Waals surface area contributed by atoms with Crippen LogP contribution in [0.5, 0.6) is 0 Å². The third-order valence-corrected chi connectivity index (χ3v) is 6.88. The Bertz CT molecular complexity index is 1110. The molecule has 14 heteroatoms. The molecule has 8 unspecified atom stereocenters. The molecular formula is C27H35NO13. The van der Waals surface area contributed by atoms with Crippen LogP contribution in [-0.4, -0.2) is 117 Å². The number of nitrogens with zero attached hydrogens (tertiary/aromatic N) is 1. The van der Waals surface area contributed by atoms with E-state index in [1.165, 1.54) is 19.3 Å². The minimum atomic E-state index is -1.69. The summed E-state index contributed by atoms with van der Waals surface area (Å²) >= 11 is 0. The topological polar surface area (TPSA) is 213 Å². The Morgan fingerprint density at radius 3 is 2.49 bits per heavy atom. The molecule has 0 radical (unpaired) electrons. The maximum atomic E-state index is 12.6. The molecule has 1 fully saturated rings. The van der Waals surface area contributed by atoms with E-state index in [0.29, 0.717) is 18.5 Å². The minimum Gasteiger partial charge on any atom is -0.481 e. The lowest BCUT2D eigenvalue weighted by Crippen LogP contribution is -2.60. The number of carboxylic acid groups (broad SMARTS) is 2. The van der Waals surface area contributed by atoms with E-state index in [2.05, 4.69) is 6.58 Å². The van der Waals surface area contributed by atoms with E-state index in [1.807, 2.05) is 0 Å². The predicted octanol–water partition coefficient (Wildman–Crippen LogP) is -0.734. The van der Waals surface area contributed by atoms with E-state index in [4.69, 9.17) is 24.1 Å². The van der Waals surface area contributed by atoms with Crippen LogP contribution < -0.4 is 0 Å². The highest BCUT2D eigenvalue weighted by molar-refractivity contribution is 5.89. The zero-order valence-electron chi connectivity index (χ0n) is 22.3. The summed E-state index contributed by atoms with van der Waals surface area (Å²) in [5, 5.41) is 58.5. The molecule has 6 N–H and O–H groups in total. The van der Waals surface area contributed by atoms with Gasteiger partial charge in [-0.05, 0) is 18.1 Å². The van der Waals surface area contributed by atoms with Gasteiger partial charge < -0.3 is 54.5 Å². The molecule has 0 aromatic heterocycles. The Morgan fingerprint density at radius 2 is 1.88 bits per heavy atom. The summed E-state index contributed by atoms with van der Waals surface area (Å²) < 4.78 is 21.7. The Balaban J connectivity index is 1.88. The molecule has 0 saturated carbocycles. The number of aliphatic carboxylic acids is 2. The maximum Gasteiger partial charge on any atom is 0.337 e.